The van der Waals surface area contributed by atoms with Crippen LogP contribution < -0.4 is 10.6 Å². The fraction of sp³-hybridized carbons (Fsp3) is 0.222. The van der Waals surface area contributed by atoms with Crippen LogP contribution in [0, 0.1) is 15.9 Å². The fourth-order valence-corrected chi connectivity index (χ4v) is 1.09. The van der Waals surface area contributed by atoms with Gasteiger partial charge in [0.15, 0.2) is 0 Å². The number of carbonyl (C=O) groups excluding carboxylic acids is 1. The molecule has 0 fully saturated rings. The summed E-state index contributed by atoms with van der Waals surface area (Å²) in [6.45, 7) is 2.12. The van der Waals surface area contributed by atoms with E-state index in [2.05, 4.69) is 10.6 Å². The molecule has 0 bridgehead atoms. The number of nitrogens with zero attached hydrogens (tertiary/aromatic N) is 1. The molecule has 0 aliphatic heterocycles. The minimum Gasteiger partial charge on any atom is -0.338 e. The first-order valence-electron chi connectivity index (χ1n) is 4.52. The molecule has 86 valence electrons. The van der Waals surface area contributed by atoms with E-state index in [0.717, 1.165) is 18.2 Å². The number of hydrogen-bond acceptors (Lipinski definition) is 3. The lowest BCUT2D eigenvalue weighted by Crippen LogP contribution is -2.28. The van der Waals surface area contributed by atoms with Crippen LogP contribution in [0.1, 0.15) is 6.92 Å². The second-order valence-corrected chi connectivity index (χ2v) is 2.94. The van der Waals surface area contributed by atoms with Gasteiger partial charge in [-0.15, -0.1) is 0 Å². The third-order valence-corrected chi connectivity index (χ3v) is 1.69. The number of carbonyl (C=O) groups is 1. The Hall–Kier alpha value is -2.18. The Labute approximate surface area is 90.6 Å². The van der Waals surface area contributed by atoms with Gasteiger partial charge in [-0.3, -0.25) is 10.1 Å². The average Bonchev–Trinajstić information content (AvgIpc) is 2.16. The van der Waals surface area contributed by atoms with Gasteiger partial charge in [0.1, 0.15) is 5.82 Å². The molecule has 0 radical (unpaired) electrons. The molecule has 0 saturated carbocycles. The van der Waals surface area contributed by atoms with Crippen molar-refractivity contribution in [3.63, 3.8) is 0 Å². The molecular formula is C9H10FN3O3. The topological polar surface area (TPSA) is 84.3 Å². The SMILES string of the molecule is CCNC(=O)Nc1cc(F)cc([N+](=O)[O-])c1. The number of nitro benzene ring substituents is 1. The Morgan fingerprint density at radius 2 is 2.19 bits per heavy atom. The van der Waals surface area contributed by atoms with Gasteiger partial charge in [0.25, 0.3) is 5.69 Å². The lowest BCUT2D eigenvalue weighted by molar-refractivity contribution is -0.385. The highest BCUT2D eigenvalue weighted by atomic mass is 19.1. The zero-order valence-corrected chi connectivity index (χ0v) is 8.49. The largest absolute Gasteiger partial charge is 0.338 e. The van der Waals surface area contributed by atoms with Crippen LogP contribution >= 0.6 is 0 Å². The summed E-state index contributed by atoms with van der Waals surface area (Å²) in [6, 6.07) is 2.33. The molecule has 0 saturated heterocycles. The second kappa shape index (κ2) is 5.06. The molecule has 0 heterocycles. The summed E-state index contributed by atoms with van der Waals surface area (Å²) in [4.78, 5) is 20.8. The van der Waals surface area contributed by atoms with Gasteiger partial charge in [0.05, 0.1) is 16.7 Å². The molecule has 0 aliphatic carbocycles. The van der Waals surface area contributed by atoms with E-state index >= 15 is 0 Å². The van der Waals surface area contributed by atoms with Crippen LogP contribution in [-0.4, -0.2) is 17.5 Å². The first kappa shape index (κ1) is 11.9. The van der Waals surface area contributed by atoms with E-state index in [1.807, 2.05) is 0 Å². The van der Waals surface area contributed by atoms with E-state index in [-0.39, 0.29) is 5.69 Å². The summed E-state index contributed by atoms with van der Waals surface area (Å²) in [5, 5.41) is 15.1. The number of anilines is 1. The number of nitro groups is 1. The van der Waals surface area contributed by atoms with Gasteiger partial charge in [-0.25, -0.2) is 9.18 Å². The van der Waals surface area contributed by atoms with Gasteiger partial charge in [-0.05, 0) is 13.0 Å². The molecule has 1 aromatic carbocycles. The third-order valence-electron chi connectivity index (χ3n) is 1.69. The van der Waals surface area contributed by atoms with Crippen molar-refractivity contribution in [2.24, 2.45) is 0 Å². The van der Waals surface area contributed by atoms with Crippen molar-refractivity contribution >= 4 is 17.4 Å². The Bertz CT molecular complexity index is 422. The number of nitrogens with one attached hydrogen (secondary N) is 2. The summed E-state index contributed by atoms with van der Waals surface area (Å²) in [6.07, 6.45) is 0. The van der Waals surface area contributed by atoms with Gasteiger partial charge in [0.2, 0.25) is 0 Å². The molecular weight excluding hydrogens is 217 g/mol. The molecule has 2 amide bonds. The van der Waals surface area contributed by atoms with Crippen molar-refractivity contribution in [1.82, 2.24) is 5.32 Å². The summed E-state index contributed by atoms with van der Waals surface area (Å²) in [5.74, 6) is -0.777. The first-order chi connectivity index (χ1) is 7.52. The van der Waals surface area contributed by atoms with Gasteiger partial charge in [-0.2, -0.15) is 0 Å². The lowest BCUT2D eigenvalue weighted by atomic mass is 10.2. The van der Waals surface area contributed by atoms with Gasteiger partial charge >= 0.3 is 6.03 Å². The third kappa shape index (κ3) is 3.19. The van der Waals surface area contributed by atoms with Crippen LogP contribution in [0.15, 0.2) is 18.2 Å². The highest BCUT2D eigenvalue weighted by Crippen LogP contribution is 2.19. The minimum absolute atomic E-state index is 0.0395. The molecule has 16 heavy (non-hydrogen) atoms. The molecule has 0 aliphatic rings. The number of hydrogen-bond donors (Lipinski definition) is 2. The molecule has 6 nitrogen and oxygen atoms in total. The molecule has 1 aromatic rings. The number of halogens is 1. The van der Waals surface area contributed by atoms with Crippen molar-refractivity contribution in [1.29, 1.82) is 0 Å². The van der Waals surface area contributed by atoms with Crippen LogP contribution in [-0.2, 0) is 0 Å². The normalized spacial score (nSPS) is 9.62. The van der Waals surface area contributed by atoms with Gasteiger partial charge in [-0.1, -0.05) is 0 Å². The molecule has 7 heteroatoms. The Morgan fingerprint density at radius 1 is 1.50 bits per heavy atom. The van der Waals surface area contributed by atoms with Crippen molar-refractivity contribution in [3.05, 3.63) is 34.1 Å². The van der Waals surface area contributed by atoms with Crippen LogP contribution in [0.5, 0.6) is 0 Å². The maximum Gasteiger partial charge on any atom is 0.319 e. The zero-order valence-electron chi connectivity index (χ0n) is 8.49. The number of amides is 2. The monoisotopic (exact) mass is 227 g/mol. The van der Waals surface area contributed by atoms with Crippen LogP contribution in [0.2, 0.25) is 0 Å². The molecule has 0 aromatic heterocycles. The highest BCUT2D eigenvalue weighted by Gasteiger charge is 2.10. The Kier molecular flexibility index (Phi) is 3.76. The minimum atomic E-state index is -0.777. The standard InChI is InChI=1S/C9H10FN3O3/c1-2-11-9(14)12-7-3-6(10)4-8(5-7)13(15)16/h3-5H,2H2,1H3,(H2,11,12,14). The number of non-ortho nitro benzene ring substituents is 1. The van der Waals surface area contributed by atoms with Crippen molar-refractivity contribution < 1.29 is 14.1 Å². The Morgan fingerprint density at radius 3 is 2.75 bits per heavy atom. The quantitative estimate of drug-likeness (QED) is 0.610. The molecule has 1 rings (SSSR count). The molecule has 0 unspecified atom stereocenters. The summed E-state index contributed by atoms with van der Waals surface area (Å²) < 4.78 is 12.9. The number of benzene rings is 1. The number of urea groups is 1. The number of rotatable bonds is 3. The van der Waals surface area contributed by atoms with Crippen molar-refractivity contribution in [2.75, 3.05) is 11.9 Å². The van der Waals surface area contributed by atoms with E-state index in [9.17, 15) is 19.3 Å². The summed E-state index contributed by atoms with van der Waals surface area (Å²) in [5.41, 5.74) is -0.371. The maximum atomic E-state index is 12.9. The van der Waals surface area contributed by atoms with E-state index in [1.54, 1.807) is 6.92 Å². The summed E-state index contributed by atoms with van der Waals surface area (Å²) in [7, 11) is 0. The second-order valence-electron chi connectivity index (χ2n) is 2.94. The van der Waals surface area contributed by atoms with Gasteiger partial charge in [0, 0.05) is 12.6 Å². The summed E-state index contributed by atoms with van der Waals surface area (Å²) >= 11 is 0. The van der Waals surface area contributed by atoms with E-state index < -0.39 is 22.5 Å². The first-order valence-corrected chi connectivity index (χ1v) is 4.52. The molecule has 2 N–H and O–H groups in total. The van der Waals surface area contributed by atoms with E-state index in [0.29, 0.717) is 6.54 Å². The van der Waals surface area contributed by atoms with Gasteiger partial charge < -0.3 is 10.6 Å². The predicted molar refractivity (Wildman–Crippen MR) is 55.7 cm³/mol. The zero-order chi connectivity index (χ0) is 12.1. The maximum absolute atomic E-state index is 12.9. The molecule has 0 spiro atoms. The fourth-order valence-electron chi connectivity index (χ4n) is 1.09. The Balaban J connectivity index is 2.88. The molecule has 0 atom stereocenters. The van der Waals surface area contributed by atoms with E-state index in [1.165, 1.54) is 0 Å². The smallest absolute Gasteiger partial charge is 0.319 e. The van der Waals surface area contributed by atoms with Crippen molar-refractivity contribution in [3.8, 4) is 0 Å². The van der Waals surface area contributed by atoms with Crippen LogP contribution in [0.25, 0.3) is 0 Å². The lowest BCUT2D eigenvalue weighted by Gasteiger charge is -2.05. The average molecular weight is 227 g/mol. The van der Waals surface area contributed by atoms with E-state index in [4.69, 9.17) is 0 Å². The van der Waals surface area contributed by atoms with Crippen LogP contribution in [0.4, 0.5) is 20.6 Å². The van der Waals surface area contributed by atoms with Crippen LogP contribution in [0.3, 0.4) is 0 Å². The predicted octanol–water partition coefficient (Wildman–Crippen LogP) is 1.88. The highest BCUT2D eigenvalue weighted by molar-refractivity contribution is 5.89. The van der Waals surface area contributed by atoms with Crippen molar-refractivity contribution in [2.45, 2.75) is 6.92 Å².